The van der Waals surface area contributed by atoms with Gasteiger partial charge < -0.3 is 10.2 Å². The molecule has 1 aliphatic rings. The highest BCUT2D eigenvalue weighted by atomic mass is 32.2. The number of nitrogens with one attached hydrogen (secondary N) is 1. The topological polar surface area (TPSA) is 49.4 Å². The predicted octanol–water partition coefficient (Wildman–Crippen LogP) is 4.87. The van der Waals surface area contributed by atoms with Crippen LogP contribution in [0.2, 0.25) is 0 Å². The largest absolute Gasteiger partial charge is 0.348 e. The number of nitrogens with zero attached hydrogens (tertiary/aromatic N) is 1. The molecule has 1 aliphatic heterocycles. The van der Waals surface area contributed by atoms with Crippen molar-refractivity contribution in [2.24, 2.45) is 0 Å². The second-order valence-electron chi connectivity index (χ2n) is 6.85. The normalized spacial score (nSPS) is 14.5. The lowest BCUT2D eigenvalue weighted by atomic mass is 10.1. The number of likely N-dealkylation sites (N-methyl/N-ethyl adjacent to an activating group) is 1. The van der Waals surface area contributed by atoms with Crippen molar-refractivity contribution in [1.29, 1.82) is 0 Å². The van der Waals surface area contributed by atoms with E-state index in [1.54, 1.807) is 43.5 Å². The molecular weight excluding hydrogens is 399 g/mol. The summed E-state index contributed by atoms with van der Waals surface area (Å²) in [6.45, 7) is 0.426. The van der Waals surface area contributed by atoms with Crippen LogP contribution in [0.15, 0.2) is 82.6 Å². The molecule has 0 aliphatic carbocycles. The number of hydrogen-bond donors (Lipinski definition) is 1. The summed E-state index contributed by atoms with van der Waals surface area (Å²) in [5, 5.41) is 2.89. The van der Waals surface area contributed by atoms with Crippen molar-refractivity contribution in [2.45, 2.75) is 11.4 Å². The third-order valence-electron chi connectivity index (χ3n) is 4.81. The molecule has 0 aromatic heterocycles. The average Bonchev–Trinajstić information content (AvgIpc) is 2.77. The van der Waals surface area contributed by atoms with Crippen LogP contribution >= 0.6 is 11.8 Å². The number of amides is 2. The fraction of sp³-hybridized carbons (Fsp3) is 0.0833. The van der Waals surface area contributed by atoms with Crippen LogP contribution in [0, 0.1) is 5.82 Å². The van der Waals surface area contributed by atoms with Crippen LogP contribution in [0.1, 0.15) is 21.5 Å². The summed E-state index contributed by atoms with van der Waals surface area (Å²) in [6.07, 6.45) is 1.56. The van der Waals surface area contributed by atoms with Crippen molar-refractivity contribution in [3.63, 3.8) is 0 Å². The number of benzene rings is 3. The van der Waals surface area contributed by atoms with E-state index in [0.29, 0.717) is 28.3 Å². The second-order valence-corrected chi connectivity index (χ2v) is 7.93. The zero-order chi connectivity index (χ0) is 21.1. The molecular formula is C24H19FN2O2S. The molecule has 0 fully saturated rings. The first-order valence-corrected chi connectivity index (χ1v) is 10.2. The molecule has 0 saturated heterocycles. The Hall–Kier alpha value is -3.38. The number of fused-ring (bicyclic) bond motifs is 1. The lowest BCUT2D eigenvalue weighted by Gasteiger charge is -2.27. The van der Waals surface area contributed by atoms with E-state index in [9.17, 15) is 14.0 Å². The molecule has 30 heavy (non-hydrogen) atoms. The first-order chi connectivity index (χ1) is 14.5. The summed E-state index contributed by atoms with van der Waals surface area (Å²) < 4.78 is 14.0. The smallest absolute Gasteiger partial charge is 0.264 e. The third kappa shape index (κ3) is 4.14. The van der Waals surface area contributed by atoms with Gasteiger partial charge in [-0.25, -0.2) is 4.39 Å². The van der Waals surface area contributed by atoms with Crippen molar-refractivity contribution in [3.05, 3.63) is 100 Å². The van der Waals surface area contributed by atoms with E-state index < -0.39 is 0 Å². The van der Waals surface area contributed by atoms with Gasteiger partial charge in [-0.1, -0.05) is 60.3 Å². The first-order valence-electron chi connectivity index (χ1n) is 9.41. The molecule has 0 saturated carbocycles. The average molecular weight is 418 g/mol. The Labute approximate surface area is 178 Å². The van der Waals surface area contributed by atoms with Gasteiger partial charge in [0.1, 0.15) is 5.82 Å². The van der Waals surface area contributed by atoms with Crippen LogP contribution in [0.4, 0.5) is 10.1 Å². The molecule has 4 rings (SSSR count). The van der Waals surface area contributed by atoms with Crippen LogP contribution in [-0.4, -0.2) is 18.9 Å². The van der Waals surface area contributed by atoms with Gasteiger partial charge in [-0.3, -0.25) is 9.59 Å². The summed E-state index contributed by atoms with van der Waals surface area (Å²) in [5.74, 6) is -0.824. The SMILES string of the molecule is CN1C(=O)C(=Cc2ccccc2F)Sc2ccc(C(=O)NCc3ccccc3)cc21. The summed E-state index contributed by atoms with van der Waals surface area (Å²) in [6, 6.07) is 21.2. The van der Waals surface area contributed by atoms with E-state index in [4.69, 9.17) is 0 Å². The Balaban J connectivity index is 1.55. The van der Waals surface area contributed by atoms with Crippen molar-refractivity contribution >= 4 is 35.3 Å². The third-order valence-corrected chi connectivity index (χ3v) is 5.88. The molecule has 0 spiro atoms. The van der Waals surface area contributed by atoms with E-state index in [2.05, 4.69) is 5.32 Å². The highest BCUT2D eigenvalue weighted by molar-refractivity contribution is 8.04. The second kappa shape index (κ2) is 8.55. The minimum atomic E-state index is -0.378. The molecule has 2 amide bonds. The molecule has 0 bridgehead atoms. The lowest BCUT2D eigenvalue weighted by Crippen LogP contribution is -2.31. The molecule has 0 radical (unpaired) electrons. The zero-order valence-corrected chi connectivity index (χ0v) is 17.1. The van der Waals surface area contributed by atoms with Gasteiger partial charge in [0.25, 0.3) is 11.8 Å². The van der Waals surface area contributed by atoms with Gasteiger partial charge in [-0.05, 0) is 35.9 Å². The monoisotopic (exact) mass is 418 g/mol. The molecule has 3 aromatic carbocycles. The number of anilines is 1. The minimum Gasteiger partial charge on any atom is -0.348 e. The Kier molecular flexibility index (Phi) is 5.68. The van der Waals surface area contributed by atoms with Gasteiger partial charge in [-0.15, -0.1) is 0 Å². The maximum atomic E-state index is 14.0. The van der Waals surface area contributed by atoms with Crippen LogP contribution in [-0.2, 0) is 11.3 Å². The summed E-state index contributed by atoms with van der Waals surface area (Å²) in [5.41, 5.74) is 2.51. The molecule has 6 heteroatoms. The van der Waals surface area contributed by atoms with Gasteiger partial charge in [0.15, 0.2) is 0 Å². The van der Waals surface area contributed by atoms with Crippen LogP contribution in [0.3, 0.4) is 0 Å². The van der Waals surface area contributed by atoms with Gasteiger partial charge in [0.2, 0.25) is 0 Å². The van der Waals surface area contributed by atoms with E-state index in [1.807, 2.05) is 36.4 Å². The highest BCUT2D eigenvalue weighted by Gasteiger charge is 2.27. The minimum absolute atomic E-state index is 0.208. The summed E-state index contributed by atoms with van der Waals surface area (Å²) in [7, 11) is 1.65. The number of hydrogen-bond acceptors (Lipinski definition) is 3. The molecule has 4 nitrogen and oxygen atoms in total. The summed E-state index contributed by atoms with van der Waals surface area (Å²) in [4.78, 5) is 28.1. The maximum Gasteiger partial charge on any atom is 0.264 e. The quantitative estimate of drug-likeness (QED) is 0.616. The lowest BCUT2D eigenvalue weighted by molar-refractivity contribution is -0.114. The Morgan fingerprint density at radius 3 is 2.57 bits per heavy atom. The molecule has 1 N–H and O–H groups in total. The van der Waals surface area contributed by atoms with Crippen LogP contribution in [0.5, 0.6) is 0 Å². The van der Waals surface area contributed by atoms with E-state index in [0.717, 1.165) is 10.5 Å². The molecule has 150 valence electrons. The van der Waals surface area contributed by atoms with Gasteiger partial charge >= 0.3 is 0 Å². The maximum absolute atomic E-state index is 14.0. The van der Waals surface area contributed by atoms with E-state index in [1.165, 1.54) is 22.7 Å². The Bertz CT molecular complexity index is 1140. The Morgan fingerprint density at radius 2 is 1.80 bits per heavy atom. The van der Waals surface area contributed by atoms with Gasteiger partial charge in [-0.2, -0.15) is 0 Å². The van der Waals surface area contributed by atoms with Crippen LogP contribution in [0.25, 0.3) is 6.08 Å². The first kappa shape index (κ1) is 19.9. The predicted molar refractivity (Wildman–Crippen MR) is 118 cm³/mol. The van der Waals surface area contributed by atoms with Crippen molar-refractivity contribution < 1.29 is 14.0 Å². The van der Waals surface area contributed by atoms with Crippen molar-refractivity contribution in [3.8, 4) is 0 Å². The fourth-order valence-corrected chi connectivity index (χ4v) is 4.23. The number of halogens is 1. The van der Waals surface area contributed by atoms with Crippen molar-refractivity contribution in [1.82, 2.24) is 5.32 Å². The summed E-state index contributed by atoms with van der Waals surface area (Å²) >= 11 is 1.27. The molecule has 3 aromatic rings. The molecule has 0 atom stereocenters. The number of carbonyl (C=O) groups excluding carboxylic acids is 2. The highest BCUT2D eigenvalue weighted by Crippen LogP contribution is 2.42. The van der Waals surface area contributed by atoms with Crippen LogP contribution < -0.4 is 10.2 Å². The number of carbonyl (C=O) groups is 2. The Morgan fingerprint density at radius 1 is 1.07 bits per heavy atom. The molecule has 0 unspecified atom stereocenters. The number of thioether (sulfide) groups is 1. The fourth-order valence-electron chi connectivity index (χ4n) is 3.15. The van der Waals surface area contributed by atoms with Gasteiger partial charge in [0, 0.05) is 29.6 Å². The molecule has 1 heterocycles. The number of rotatable bonds is 4. The van der Waals surface area contributed by atoms with Gasteiger partial charge in [0.05, 0.1) is 10.6 Å². The van der Waals surface area contributed by atoms with Crippen molar-refractivity contribution in [2.75, 3.05) is 11.9 Å². The van der Waals surface area contributed by atoms with E-state index in [-0.39, 0.29) is 17.6 Å². The van der Waals surface area contributed by atoms with E-state index >= 15 is 0 Å². The zero-order valence-electron chi connectivity index (χ0n) is 16.3. The standard InChI is InChI=1S/C24H19FN2O2S/c1-27-20-13-18(23(28)26-15-16-7-3-2-4-8-16)11-12-21(20)30-22(24(27)29)14-17-9-5-6-10-19(17)25/h2-14H,15H2,1H3,(H,26,28).